The molecule has 0 unspecified atom stereocenters. The number of aromatic amines is 1. The van der Waals surface area contributed by atoms with E-state index in [1.165, 1.54) is 22.2 Å². The number of hydrogen-bond acceptors (Lipinski definition) is 1. The Labute approximate surface area is 118 Å². The van der Waals surface area contributed by atoms with Crippen LogP contribution >= 0.6 is 12.2 Å². The second-order valence-electron chi connectivity index (χ2n) is 5.61. The summed E-state index contributed by atoms with van der Waals surface area (Å²) in [6, 6.07) is 9.48. The molecule has 0 aliphatic carbocycles. The molecule has 4 heteroatoms. The quantitative estimate of drug-likeness (QED) is 0.722. The minimum Gasteiger partial charge on any atom is -0.360 e. The number of hydrogen-bond donors (Lipinski definition) is 2. The molecule has 0 saturated carbocycles. The first-order valence-corrected chi connectivity index (χ1v) is 7.31. The summed E-state index contributed by atoms with van der Waals surface area (Å²) >= 11 is 5.49. The summed E-state index contributed by atoms with van der Waals surface area (Å²) in [6.07, 6.45) is 2.19. The van der Waals surface area contributed by atoms with Gasteiger partial charge in [0.2, 0.25) is 0 Å². The Morgan fingerprint density at radius 3 is 3.05 bits per heavy atom. The van der Waals surface area contributed by atoms with Crippen molar-refractivity contribution in [2.24, 2.45) is 0 Å². The Morgan fingerprint density at radius 1 is 1.32 bits per heavy atom. The van der Waals surface area contributed by atoms with Crippen LogP contribution in [-0.2, 0) is 6.42 Å². The average molecular weight is 271 g/mol. The van der Waals surface area contributed by atoms with Gasteiger partial charge >= 0.3 is 0 Å². The van der Waals surface area contributed by atoms with Gasteiger partial charge in [-0.05, 0) is 43.6 Å². The molecule has 0 bridgehead atoms. The zero-order valence-corrected chi connectivity index (χ0v) is 11.8. The number of nitrogens with zero attached hydrogens (tertiary/aromatic N) is 1. The lowest BCUT2D eigenvalue weighted by molar-refractivity contribution is 0.230. The highest BCUT2D eigenvalue weighted by Crippen LogP contribution is 2.38. The molecule has 98 valence electrons. The smallest absolute Gasteiger partial charge is 0.169 e. The maximum Gasteiger partial charge on any atom is 0.169 e. The molecular formula is C15H17N3S. The van der Waals surface area contributed by atoms with Crippen molar-refractivity contribution in [1.29, 1.82) is 0 Å². The molecule has 3 heterocycles. The maximum absolute atomic E-state index is 5.49. The van der Waals surface area contributed by atoms with Gasteiger partial charge in [0.25, 0.3) is 0 Å². The first kappa shape index (κ1) is 11.3. The van der Waals surface area contributed by atoms with Gasteiger partial charge in [-0.2, -0.15) is 0 Å². The molecule has 0 spiro atoms. The summed E-state index contributed by atoms with van der Waals surface area (Å²) in [7, 11) is 0. The summed E-state index contributed by atoms with van der Waals surface area (Å²) in [5.41, 5.74) is 4.13. The van der Waals surface area contributed by atoms with Gasteiger partial charge < -0.3 is 15.2 Å². The molecule has 2 atom stereocenters. The highest BCUT2D eigenvalue weighted by molar-refractivity contribution is 7.80. The van der Waals surface area contributed by atoms with Crippen molar-refractivity contribution in [2.75, 3.05) is 6.54 Å². The van der Waals surface area contributed by atoms with Crippen LogP contribution in [0.5, 0.6) is 0 Å². The molecule has 2 aliphatic rings. The minimum atomic E-state index is 0.417. The molecule has 1 aromatic heterocycles. The van der Waals surface area contributed by atoms with Crippen LogP contribution in [0.4, 0.5) is 0 Å². The van der Waals surface area contributed by atoms with Crippen LogP contribution < -0.4 is 5.32 Å². The molecule has 4 rings (SSSR count). The molecule has 2 N–H and O–H groups in total. The molecule has 1 fully saturated rings. The summed E-state index contributed by atoms with van der Waals surface area (Å²) in [5.74, 6) is 0. The van der Waals surface area contributed by atoms with E-state index in [-0.39, 0.29) is 0 Å². The summed E-state index contributed by atoms with van der Waals surface area (Å²) in [4.78, 5) is 5.97. The van der Waals surface area contributed by atoms with E-state index in [9.17, 15) is 0 Å². The number of fused-ring (bicyclic) bond motifs is 5. The molecule has 19 heavy (non-hydrogen) atoms. The second-order valence-corrected chi connectivity index (χ2v) is 5.99. The predicted molar refractivity (Wildman–Crippen MR) is 81.3 cm³/mol. The molecule has 0 amide bonds. The van der Waals surface area contributed by atoms with E-state index < -0.39 is 0 Å². The van der Waals surface area contributed by atoms with Crippen molar-refractivity contribution < 1.29 is 0 Å². The number of aromatic nitrogens is 1. The lowest BCUT2D eigenvalue weighted by atomic mass is 9.92. The normalized spacial score (nSPS) is 25.9. The monoisotopic (exact) mass is 271 g/mol. The Balaban J connectivity index is 1.87. The fourth-order valence-electron chi connectivity index (χ4n) is 3.49. The first-order chi connectivity index (χ1) is 9.24. The number of benzene rings is 1. The predicted octanol–water partition coefficient (Wildman–Crippen LogP) is 2.73. The third kappa shape index (κ3) is 1.59. The Hall–Kier alpha value is -1.55. The van der Waals surface area contributed by atoms with Crippen LogP contribution in [0.3, 0.4) is 0 Å². The van der Waals surface area contributed by atoms with Crippen LogP contribution in [0.25, 0.3) is 10.9 Å². The highest BCUT2D eigenvalue weighted by atomic mass is 32.1. The average Bonchev–Trinajstić information content (AvgIpc) is 2.77. The van der Waals surface area contributed by atoms with E-state index in [2.05, 4.69) is 46.4 Å². The van der Waals surface area contributed by atoms with Gasteiger partial charge in [0.05, 0.1) is 6.04 Å². The Bertz CT molecular complexity index is 660. The standard InChI is InChI=1S/C15H17N3S/c1-9-8-13-14-11(6-7-18(13)15(19)16-9)10-4-2-3-5-12(10)17-14/h2-5,9,13,17H,6-8H2,1H3,(H,16,19)/t9-,13-/m1/s1. The van der Waals surface area contributed by atoms with E-state index in [1.54, 1.807) is 0 Å². The maximum atomic E-state index is 5.49. The molecule has 0 radical (unpaired) electrons. The molecule has 3 nitrogen and oxygen atoms in total. The van der Waals surface area contributed by atoms with Crippen molar-refractivity contribution in [2.45, 2.75) is 31.8 Å². The van der Waals surface area contributed by atoms with Gasteiger partial charge in [0, 0.05) is 29.2 Å². The Morgan fingerprint density at radius 2 is 2.16 bits per heavy atom. The third-order valence-electron chi connectivity index (χ3n) is 4.37. The fourth-order valence-corrected chi connectivity index (χ4v) is 3.91. The van der Waals surface area contributed by atoms with Crippen LogP contribution in [0.2, 0.25) is 0 Å². The fraction of sp³-hybridized carbons (Fsp3) is 0.400. The SMILES string of the molecule is C[C@@H]1C[C@@H]2c3[nH]c4ccccc4c3CCN2C(=S)N1. The largest absolute Gasteiger partial charge is 0.360 e. The minimum absolute atomic E-state index is 0.417. The number of nitrogens with one attached hydrogen (secondary N) is 2. The lowest BCUT2D eigenvalue weighted by Crippen LogP contribution is -2.54. The molecule has 1 saturated heterocycles. The lowest BCUT2D eigenvalue weighted by Gasteiger charge is -2.43. The van der Waals surface area contributed by atoms with Crippen molar-refractivity contribution in [1.82, 2.24) is 15.2 Å². The van der Waals surface area contributed by atoms with Crippen LogP contribution in [0.15, 0.2) is 24.3 Å². The van der Waals surface area contributed by atoms with Crippen molar-refractivity contribution >= 4 is 28.2 Å². The van der Waals surface area contributed by atoms with E-state index in [1.807, 2.05) is 0 Å². The van der Waals surface area contributed by atoms with Crippen molar-refractivity contribution in [3.8, 4) is 0 Å². The molecule has 2 aliphatic heterocycles. The van der Waals surface area contributed by atoms with E-state index in [0.29, 0.717) is 12.1 Å². The van der Waals surface area contributed by atoms with Gasteiger partial charge in [0.15, 0.2) is 5.11 Å². The van der Waals surface area contributed by atoms with Gasteiger partial charge in [-0.15, -0.1) is 0 Å². The Kier molecular flexibility index (Phi) is 2.36. The third-order valence-corrected chi connectivity index (χ3v) is 4.72. The first-order valence-electron chi connectivity index (χ1n) is 6.90. The zero-order valence-electron chi connectivity index (χ0n) is 10.9. The number of rotatable bonds is 0. The second kappa shape index (κ2) is 3.97. The zero-order chi connectivity index (χ0) is 13.0. The highest BCUT2D eigenvalue weighted by Gasteiger charge is 2.36. The summed E-state index contributed by atoms with van der Waals surface area (Å²) < 4.78 is 0. The van der Waals surface area contributed by atoms with E-state index >= 15 is 0 Å². The van der Waals surface area contributed by atoms with Gasteiger partial charge in [-0.25, -0.2) is 0 Å². The van der Waals surface area contributed by atoms with Crippen LogP contribution in [0, 0.1) is 0 Å². The van der Waals surface area contributed by atoms with Gasteiger partial charge in [-0.3, -0.25) is 0 Å². The van der Waals surface area contributed by atoms with Crippen molar-refractivity contribution in [3.05, 3.63) is 35.5 Å². The number of para-hydroxylation sites is 1. The van der Waals surface area contributed by atoms with E-state index in [0.717, 1.165) is 24.5 Å². The summed E-state index contributed by atoms with van der Waals surface area (Å²) in [6.45, 7) is 3.23. The molecular weight excluding hydrogens is 254 g/mol. The number of thiocarbonyl (C=S) groups is 1. The van der Waals surface area contributed by atoms with Crippen LogP contribution in [0.1, 0.15) is 30.6 Å². The molecule has 1 aromatic carbocycles. The van der Waals surface area contributed by atoms with Gasteiger partial charge in [-0.1, -0.05) is 18.2 Å². The molecule has 2 aromatic rings. The number of H-pyrrole nitrogens is 1. The van der Waals surface area contributed by atoms with Crippen molar-refractivity contribution in [3.63, 3.8) is 0 Å². The summed E-state index contributed by atoms with van der Waals surface area (Å²) in [5, 5.41) is 5.68. The van der Waals surface area contributed by atoms with Crippen LogP contribution in [-0.4, -0.2) is 27.6 Å². The van der Waals surface area contributed by atoms with E-state index in [4.69, 9.17) is 12.2 Å². The van der Waals surface area contributed by atoms with Gasteiger partial charge in [0.1, 0.15) is 0 Å². The topological polar surface area (TPSA) is 31.1 Å².